The van der Waals surface area contributed by atoms with Crippen molar-refractivity contribution in [2.45, 2.75) is 48.7 Å². The van der Waals surface area contributed by atoms with Crippen LogP contribution in [-0.4, -0.2) is 32.7 Å². The number of sulfone groups is 1. The summed E-state index contributed by atoms with van der Waals surface area (Å²) in [5.41, 5.74) is -4.71. The second kappa shape index (κ2) is 6.45. The summed E-state index contributed by atoms with van der Waals surface area (Å²) < 4.78 is 65.6. The maximum atomic E-state index is 12.5. The average Bonchev–Trinajstić information content (AvgIpc) is 2.98. The van der Waals surface area contributed by atoms with Gasteiger partial charge in [-0.2, -0.15) is 13.2 Å². The van der Waals surface area contributed by atoms with Gasteiger partial charge in [-0.3, -0.25) is 0 Å². The molecule has 0 bridgehead atoms. The smallest absolute Gasteiger partial charge is 0.380 e. The molecule has 1 aliphatic heterocycles. The van der Waals surface area contributed by atoms with E-state index in [-0.39, 0.29) is 12.1 Å². The number of ether oxygens (including phenoxy) is 1. The Kier molecular flexibility index (Phi) is 5.01. The van der Waals surface area contributed by atoms with Gasteiger partial charge in [0.2, 0.25) is 0 Å². The average molecular weight is 337 g/mol. The van der Waals surface area contributed by atoms with Crippen LogP contribution in [0, 0.1) is 0 Å². The van der Waals surface area contributed by atoms with Gasteiger partial charge in [-0.1, -0.05) is 6.92 Å². The third kappa shape index (κ3) is 3.55. The van der Waals surface area contributed by atoms with E-state index < -0.39 is 20.2 Å². The number of nitrogens with one attached hydrogen (secondary N) is 1. The summed E-state index contributed by atoms with van der Waals surface area (Å²) in [6.45, 7) is 2.70. The fourth-order valence-electron chi connectivity index (χ4n) is 2.46. The van der Waals surface area contributed by atoms with Gasteiger partial charge in [0.15, 0.2) is 0 Å². The Labute approximate surface area is 127 Å². The van der Waals surface area contributed by atoms with E-state index in [4.69, 9.17) is 4.74 Å². The van der Waals surface area contributed by atoms with Crippen LogP contribution in [0.2, 0.25) is 0 Å². The number of rotatable bonds is 5. The Morgan fingerprint density at radius 2 is 1.95 bits per heavy atom. The maximum absolute atomic E-state index is 12.5. The Morgan fingerprint density at radius 3 is 2.41 bits per heavy atom. The number of halogens is 3. The lowest BCUT2D eigenvalue weighted by molar-refractivity contribution is -0.0436. The fourth-order valence-corrected chi connectivity index (χ4v) is 3.22. The van der Waals surface area contributed by atoms with Crippen LogP contribution >= 0.6 is 0 Å². The molecule has 0 aromatic heterocycles. The molecule has 0 aliphatic carbocycles. The normalized spacial score (nSPS) is 20.8. The van der Waals surface area contributed by atoms with Gasteiger partial charge in [0.05, 0.1) is 17.0 Å². The highest BCUT2D eigenvalue weighted by Gasteiger charge is 2.46. The van der Waals surface area contributed by atoms with Gasteiger partial charge in [0.25, 0.3) is 9.84 Å². The lowest BCUT2D eigenvalue weighted by atomic mass is 10.1. The van der Waals surface area contributed by atoms with E-state index in [0.717, 1.165) is 31.4 Å². The van der Waals surface area contributed by atoms with E-state index in [1.807, 2.05) is 6.92 Å². The summed E-state index contributed by atoms with van der Waals surface area (Å²) in [7, 11) is -5.30. The molecule has 1 N–H and O–H groups in total. The highest BCUT2D eigenvalue weighted by Crippen LogP contribution is 2.31. The summed E-state index contributed by atoms with van der Waals surface area (Å²) in [5.74, 6) is 0. The van der Waals surface area contributed by atoms with Gasteiger partial charge in [-0.05, 0) is 43.5 Å². The van der Waals surface area contributed by atoms with Crippen LogP contribution in [0.5, 0.6) is 0 Å². The first kappa shape index (κ1) is 17.1. The van der Waals surface area contributed by atoms with Crippen LogP contribution in [0.4, 0.5) is 18.9 Å². The molecular formula is C14H18F3NO3S. The van der Waals surface area contributed by atoms with Gasteiger partial charge in [-0.15, -0.1) is 0 Å². The minimum atomic E-state index is -5.30. The van der Waals surface area contributed by atoms with E-state index >= 15 is 0 Å². The topological polar surface area (TPSA) is 55.4 Å². The molecule has 1 aromatic rings. The zero-order valence-electron chi connectivity index (χ0n) is 12.1. The minimum Gasteiger partial charge on any atom is -0.380 e. The molecule has 8 heteroatoms. The molecule has 0 saturated carbocycles. The Morgan fingerprint density at radius 1 is 1.32 bits per heavy atom. The van der Waals surface area contributed by atoms with E-state index in [1.54, 1.807) is 0 Å². The molecule has 0 radical (unpaired) electrons. The second-order valence-corrected chi connectivity index (χ2v) is 7.13. The van der Waals surface area contributed by atoms with E-state index in [1.165, 1.54) is 12.1 Å². The second-order valence-electron chi connectivity index (χ2n) is 5.18. The van der Waals surface area contributed by atoms with Crippen molar-refractivity contribution in [1.29, 1.82) is 0 Å². The first-order valence-corrected chi connectivity index (χ1v) is 8.53. The van der Waals surface area contributed by atoms with Crippen molar-refractivity contribution in [2.24, 2.45) is 0 Å². The van der Waals surface area contributed by atoms with Crippen molar-refractivity contribution in [3.05, 3.63) is 24.3 Å². The molecule has 1 heterocycles. The van der Waals surface area contributed by atoms with Gasteiger partial charge < -0.3 is 10.1 Å². The van der Waals surface area contributed by atoms with E-state index in [2.05, 4.69) is 5.32 Å². The van der Waals surface area contributed by atoms with Crippen LogP contribution < -0.4 is 5.32 Å². The third-order valence-electron chi connectivity index (χ3n) is 3.67. The molecule has 0 amide bonds. The van der Waals surface area contributed by atoms with E-state index in [0.29, 0.717) is 12.3 Å². The molecule has 2 atom stereocenters. The van der Waals surface area contributed by atoms with Crippen molar-refractivity contribution in [1.82, 2.24) is 0 Å². The van der Waals surface area contributed by atoms with Crippen molar-refractivity contribution in [3.63, 3.8) is 0 Å². The van der Waals surface area contributed by atoms with Crippen molar-refractivity contribution < 1.29 is 26.3 Å². The maximum Gasteiger partial charge on any atom is 0.501 e. The SMILES string of the molecule is CCC(Nc1ccc(S(=O)(=O)C(F)(F)F)cc1)C1CCCO1. The molecule has 1 aliphatic rings. The number of alkyl halides is 3. The molecule has 1 saturated heterocycles. The highest BCUT2D eigenvalue weighted by atomic mass is 32.2. The largest absolute Gasteiger partial charge is 0.501 e. The number of hydrogen-bond donors (Lipinski definition) is 1. The summed E-state index contributed by atoms with van der Waals surface area (Å²) in [5, 5.41) is 3.19. The molecule has 1 fully saturated rings. The molecule has 1 aromatic carbocycles. The lowest BCUT2D eigenvalue weighted by Gasteiger charge is -2.24. The summed E-state index contributed by atoms with van der Waals surface area (Å²) in [6, 6.07) is 4.67. The highest BCUT2D eigenvalue weighted by molar-refractivity contribution is 7.92. The van der Waals surface area contributed by atoms with Gasteiger partial charge in [-0.25, -0.2) is 8.42 Å². The summed E-state index contributed by atoms with van der Waals surface area (Å²) in [4.78, 5) is -0.754. The van der Waals surface area contributed by atoms with Crippen molar-refractivity contribution in [2.75, 3.05) is 11.9 Å². The van der Waals surface area contributed by atoms with Crippen molar-refractivity contribution in [3.8, 4) is 0 Å². The first-order chi connectivity index (χ1) is 10.3. The van der Waals surface area contributed by atoms with Crippen LogP contribution in [0.15, 0.2) is 29.2 Å². The molecular weight excluding hydrogens is 319 g/mol. The Balaban J connectivity index is 2.12. The number of hydrogen-bond acceptors (Lipinski definition) is 4. The van der Waals surface area contributed by atoms with Crippen LogP contribution in [0.3, 0.4) is 0 Å². The number of benzene rings is 1. The van der Waals surface area contributed by atoms with Crippen LogP contribution in [0.25, 0.3) is 0 Å². The van der Waals surface area contributed by atoms with E-state index in [9.17, 15) is 21.6 Å². The Hall–Kier alpha value is -1.28. The quantitative estimate of drug-likeness (QED) is 0.895. The molecule has 124 valence electrons. The monoisotopic (exact) mass is 337 g/mol. The van der Waals surface area contributed by atoms with Gasteiger partial charge in [0.1, 0.15) is 0 Å². The molecule has 2 rings (SSSR count). The zero-order valence-corrected chi connectivity index (χ0v) is 12.9. The molecule has 22 heavy (non-hydrogen) atoms. The fraction of sp³-hybridized carbons (Fsp3) is 0.571. The van der Waals surface area contributed by atoms with Crippen LogP contribution in [0.1, 0.15) is 26.2 Å². The van der Waals surface area contributed by atoms with Gasteiger partial charge in [0, 0.05) is 12.3 Å². The predicted molar refractivity (Wildman–Crippen MR) is 76.4 cm³/mol. The first-order valence-electron chi connectivity index (χ1n) is 7.05. The molecule has 2 unspecified atom stereocenters. The lowest BCUT2D eigenvalue weighted by Crippen LogP contribution is -2.32. The third-order valence-corrected chi connectivity index (χ3v) is 5.18. The summed E-state index contributed by atoms with van der Waals surface area (Å²) >= 11 is 0. The molecule has 4 nitrogen and oxygen atoms in total. The minimum absolute atomic E-state index is 0.0487. The summed E-state index contributed by atoms with van der Waals surface area (Å²) in [6.07, 6.45) is 2.80. The number of anilines is 1. The zero-order chi connectivity index (χ0) is 16.4. The molecule has 0 spiro atoms. The van der Waals surface area contributed by atoms with Gasteiger partial charge >= 0.3 is 5.51 Å². The standard InChI is InChI=1S/C14H18F3NO3S/c1-2-12(13-4-3-9-21-13)18-10-5-7-11(8-6-10)22(19,20)14(15,16)17/h5-8,12-13,18H,2-4,9H2,1H3. The Bertz CT molecular complexity index is 593. The van der Waals surface area contributed by atoms with Crippen LogP contribution in [-0.2, 0) is 14.6 Å². The predicted octanol–water partition coefficient (Wildman–Crippen LogP) is 3.35. The van der Waals surface area contributed by atoms with Crippen molar-refractivity contribution >= 4 is 15.5 Å².